The lowest BCUT2D eigenvalue weighted by Crippen LogP contribution is -2.33. The maximum absolute atomic E-state index is 2.68. The van der Waals surface area contributed by atoms with Gasteiger partial charge >= 0.3 is 0 Å². The summed E-state index contributed by atoms with van der Waals surface area (Å²) in [7, 11) is 0. The zero-order valence-electron chi connectivity index (χ0n) is 9.94. The van der Waals surface area contributed by atoms with Crippen molar-refractivity contribution < 1.29 is 0 Å². The molecule has 0 aromatic carbocycles. The summed E-state index contributed by atoms with van der Waals surface area (Å²) in [6.45, 7) is 2.55. The Hall–Kier alpha value is 1.46. The summed E-state index contributed by atoms with van der Waals surface area (Å²) in [4.78, 5) is 0. The molecule has 0 aliphatic heterocycles. The van der Waals surface area contributed by atoms with Crippen molar-refractivity contribution in [1.29, 1.82) is 0 Å². The molecule has 4 aliphatic carbocycles. The molecule has 0 nitrogen and oxygen atoms in total. The Bertz CT molecular complexity index is 355. The maximum Gasteiger partial charge on any atom is 0.00604 e. The molecule has 0 N–H and O–H groups in total. The third-order valence-corrected chi connectivity index (χ3v) is 10.1. The zero-order valence-corrected chi connectivity index (χ0v) is 14.3. The van der Waals surface area contributed by atoms with Gasteiger partial charge in [0.05, 0.1) is 0 Å². The predicted octanol–water partition coefficient (Wildman–Crippen LogP) is 4.69. The molecule has 0 aromatic rings. The Labute approximate surface area is 126 Å². The average Bonchev–Trinajstić information content (AvgIpc) is 2.58. The number of hydrogen-bond acceptors (Lipinski definition) is 0. The van der Waals surface area contributed by atoms with Gasteiger partial charge in [0.1, 0.15) is 0 Å². The van der Waals surface area contributed by atoms with Crippen LogP contribution in [-0.2, 0) is 0 Å². The van der Waals surface area contributed by atoms with Crippen molar-refractivity contribution in [2.24, 2.45) is 34.0 Å². The van der Waals surface area contributed by atoms with Crippen LogP contribution in [-0.4, -0.2) is 8.86 Å². The smallest absolute Gasteiger partial charge is 0.00604 e. The third kappa shape index (κ3) is 1.01. The van der Waals surface area contributed by atoms with Gasteiger partial charge in [-0.1, -0.05) is 52.1 Å². The highest BCUT2D eigenvalue weighted by molar-refractivity contribution is 14.1. The Morgan fingerprint density at radius 2 is 1.94 bits per heavy atom. The van der Waals surface area contributed by atoms with Crippen LogP contribution in [0.2, 0.25) is 0 Å². The molecule has 0 aromatic heterocycles. The quantitative estimate of drug-likeness (QED) is 0.430. The van der Waals surface area contributed by atoms with Crippen LogP contribution in [0.1, 0.15) is 39.0 Å². The van der Waals surface area contributed by atoms with E-state index in [1.54, 1.807) is 25.7 Å². The van der Waals surface area contributed by atoms with Gasteiger partial charge in [0.25, 0.3) is 0 Å². The van der Waals surface area contributed by atoms with E-state index in [9.17, 15) is 0 Å². The Morgan fingerprint density at radius 3 is 2.62 bits per heavy atom. The van der Waals surface area contributed by atoms with Crippen molar-refractivity contribution in [3.63, 3.8) is 0 Å². The first-order valence-electron chi connectivity index (χ1n) is 6.73. The maximum atomic E-state index is 2.68. The standard InChI is InChI=1S/C14H20I2/c1-12(7-15)3-2-10-9(4-12)11-5-13(10)6-14(11,13)8-16/h9-11H,2-8H2,1H3. The fourth-order valence-corrected chi connectivity index (χ4v) is 8.29. The molecule has 0 saturated heterocycles. The van der Waals surface area contributed by atoms with Gasteiger partial charge in [0.15, 0.2) is 0 Å². The van der Waals surface area contributed by atoms with Gasteiger partial charge in [-0.3, -0.25) is 0 Å². The summed E-state index contributed by atoms with van der Waals surface area (Å²) in [6.07, 6.45) is 7.89. The number of halogens is 2. The molecule has 6 unspecified atom stereocenters. The molecule has 6 atom stereocenters. The molecular formula is C14H20I2. The highest BCUT2D eigenvalue weighted by atomic mass is 127. The van der Waals surface area contributed by atoms with Gasteiger partial charge < -0.3 is 0 Å². The lowest BCUT2D eigenvalue weighted by atomic mass is 9.66. The predicted molar refractivity (Wildman–Crippen MR) is 84.3 cm³/mol. The van der Waals surface area contributed by atoms with Crippen LogP contribution in [0.5, 0.6) is 0 Å². The van der Waals surface area contributed by atoms with Crippen LogP contribution in [0.3, 0.4) is 0 Å². The third-order valence-electron chi connectivity index (χ3n) is 6.88. The Balaban J connectivity index is 1.64. The van der Waals surface area contributed by atoms with Crippen LogP contribution >= 0.6 is 45.2 Å². The van der Waals surface area contributed by atoms with Crippen molar-refractivity contribution >= 4 is 45.2 Å². The molecule has 2 heteroatoms. The number of alkyl halides is 2. The average molecular weight is 442 g/mol. The van der Waals surface area contributed by atoms with Crippen LogP contribution in [0.15, 0.2) is 0 Å². The van der Waals surface area contributed by atoms with E-state index < -0.39 is 0 Å². The second-order valence-corrected chi connectivity index (χ2v) is 8.92. The molecule has 0 spiro atoms. The Kier molecular flexibility index (Phi) is 2.21. The molecule has 90 valence electrons. The van der Waals surface area contributed by atoms with Crippen LogP contribution in [0, 0.1) is 34.0 Å². The first-order valence-corrected chi connectivity index (χ1v) is 9.78. The number of fused-ring (bicyclic) bond motifs is 2. The van der Waals surface area contributed by atoms with Crippen LogP contribution in [0.25, 0.3) is 0 Å². The van der Waals surface area contributed by atoms with Gasteiger partial charge in [-0.25, -0.2) is 0 Å². The second kappa shape index (κ2) is 3.13. The molecule has 16 heavy (non-hydrogen) atoms. The van der Waals surface area contributed by atoms with E-state index in [4.69, 9.17) is 0 Å². The minimum absolute atomic E-state index is 0.689. The topological polar surface area (TPSA) is 0 Å². The lowest BCUT2D eigenvalue weighted by molar-refractivity contribution is 0.121. The molecule has 4 rings (SSSR count). The van der Waals surface area contributed by atoms with E-state index >= 15 is 0 Å². The van der Waals surface area contributed by atoms with Crippen LogP contribution < -0.4 is 0 Å². The zero-order chi connectivity index (χ0) is 11.2. The first-order chi connectivity index (χ1) is 7.61. The SMILES string of the molecule is CC1(CI)CCC2C(C1)C1CC23CC13CI. The van der Waals surface area contributed by atoms with E-state index in [2.05, 4.69) is 52.1 Å². The molecule has 0 radical (unpaired) electrons. The van der Waals surface area contributed by atoms with Crippen molar-refractivity contribution in [3.8, 4) is 0 Å². The molecular weight excluding hydrogens is 422 g/mol. The largest absolute Gasteiger partial charge is 0.0858 e. The highest BCUT2D eigenvalue weighted by Gasteiger charge is 2.87. The fraction of sp³-hybridized carbons (Fsp3) is 1.00. The summed E-state index contributed by atoms with van der Waals surface area (Å²) in [5.74, 6) is 3.44. The van der Waals surface area contributed by atoms with Gasteiger partial charge in [-0.2, -0.15) is 0 Å². The van der Waals surface area contributed by atoms with Gasteiger partial charge in [0, 0.05) is 8.86 Å². The van der Waals surface area contributed by atoms with Gasteiger partial charge in [0.2, 0.25) is 0 Å². The minimum atomic E-state index is 0.689. The van der Waals surface area contributed by atoms with Crippen LogP contribution in [0.4, 0.5) is 0 Å². The number of hydrogen-bond donors (Lipinski definition) is 0. The van der Waals surface area contributed by atoms with Crippen molar-refractivity contribution in [2.75, 3.05) is 8.86 Å². The van der Waals surface area contributed by atoms with E-state index in [1.807, 2.05) is 0 Å². The summed E-state index contributed by atoms with van der Waals surface area (Å²) >= 11 is 5.30. The van der Waals surface area contributed by atoms with E-state index in [1.165, 1.54) is 15.3 Å². The van der Waals surface area contributed by atoms with Gasteiger partial charge in [-0.15, -0.1) is 0 Å². The molecule has 4 fully saturated rings. The summed E-state index contributed by atoms with van der Waals surface area (Å²) in [5.41, 5.74) is 2.46. The summed E-state index contributed by atoms with van der Waals surface area (Å²) in [6, 6.07) is 0. The molecule has 2 bridgehead atoms. The summed E-state index contributed by atoms with van der Waals surface area (Å²) in [5, 5.41) is 0. The van der Waals surface area contributed by atoms with E-state index in [0.717, 1.165) is 28.6 Å². The number of rotatable bonds is 2. The van der Waals surface area contributed by atoms with Crippen molar-refractivity contribution in [1.82, 2.24) is 0 Å². The summed E-state index contributed by atoms with van der Waals surface area (Å²) < 4.78 is 2.84. The molecule has 0 amide bonds. The molecule has 4 saturated carbocycles. The fourth-order valence-electron chi connectivity index (χ4n) is 6.00. The highest BCUT2D eigenvalue weighted by Crippen LogP contribution is 2.93. The van der Waals surface area contributed by atoms with E-state index in [-0.39, 0.29) is 0 Å². The normalized spacial score (nSPS) is 65.8. The monoisotopic (exact) mass is 442 g/mol. The molecule has 0 heterocycles. The Morgan fingerprint density at radius 1 is 1.12 bits per heavy atom. The van der Waals surface area contributed by atoms with E-state index in [0.29, 0.717) is 5.41 Å². The lowest BCUT2D eigenvalue weighted by Gasteiger charge is -2.40. The second-order valence-electron chi connectivity index (χ2n) is 7.39. The molecule has 4 aliphatic rings. The van der Waals surface area contributed by atoms with Crippen molar-refractivity contribution in [3.05, 3.63) is 0 Å². The first kappa shape index (κ1) is 11.3. The minimum Gasteiger partial charge on any atom is -0.0858 e. The van der Waals surface area contributed by atoms with Crippen molar-refractivity contribution in [2.45, 2.75) is 39.0 Å². The van der Waals surface area contributed by atoms with Gasteiger partial charge in [-0.05, 0) is 66.1 Å².